The summed E-state index contributed by atoms with van der Waals surface area (Å²) in [4.78, 5) is 2.49. The minimum atomic E-state index is -0.515. The summed E-state index contributed by atoms with van der Waals surface area (Å²) in [5, 5.41) is 10.5. The maximum atomic E-state index is 10.5. The van der Waals surface area contributed by atoms with Crippen LogP contribution in [0.15, 0.2) is 35.8 Å². The van der Waals surface area contributed by atoms with E-state index < -0.39 is 6.10 Å². The van der Waals surface area contributed by atoms with Crippen molar-refractivity contribution in [3.05, 3.63) is 35.8 Å². The second-order valence-electron chi connectivity index (χ2n) is 7.09. The van der Waals surface area contributed by atoms with Crippen LogP contribution in [0.4, 0.5) is 0 Å². The van der Waals surface area contributed by atoms with E-state index in [2.05, 4.69) is 24.1 Å². The van der Waals surface area contributed by atoms with Gasteiger partial charge in [0.2, 0.25) is 0 Å². The lowest BCUT2D eigenvalue weighted by atomic mass is 9.70. The number of ether oxygens (including phenoxy) is 2. The zero-order valence-corrected chi connectivity index (χ0v) is 14.5. The number of rotatable bonds is 1. The second kappa shape index (κ2) is 6.50. The quantitative estimate of drug-likeness (QED) is 0.745. The molecule has 2 aliphatic carbocycles. The van der Waals surface area contributed by atoms with Crippen LogP contribution in [-0.4, -0.2) is 49.0 Å². The van der Waals surface area contributed by atoms with Crippen molar-refractivity contribution >= 4 is 12.4 Å². The van der Waals surface area contributed by atoms with Gasteiger partial charge in [-0.2, -0.15) is 0 Å². The van der Waals surface area contributed by atoms with Crippen LogP contribution in [0.5, 0.6) is 0 Å². The Morgan fingerprint density at radius 2 is 2.13 bits per heavy atom. The fraction of sp³-hybridized carbons (Fsp3) is 0.667. The third-order valence-electron chi connectivity index (χ3n) is 5.89. The summed E-state index contributed by atoms with van der Waals surface area (Å²) in [6, 6.07) is 0.534. The first-order valence-corrected chi connectivity index (χ1v) is 8.36. The minimum Gasteiger partial charge on any atom is -0.493 e. The zero-order valence-electron chi connectivity index (χ0n) is 13.7. The molecule has 6 bridgehead atoms. The number of fused-ring (bicyclic) bond motifs is 2. The normalized spacial score (nSPS) is 42.0. The SMILES string of the molecule is COC1=C2CC(C=C1)C[C@@H]1[C@@H]3C=C[C@H](O)[C@H](O2)[C@H]3CCN1C.Cl. The van der Waals surface area contributed by atoms with Crippen molar-refractivity contribution < 1.29 is 14.6 Å². The van der Waals surface area contributed by atoms with Gasteiger partial charge in [0.1, 0.15) is 18.0 Å². The van der Waals surface area contributed by atoms with Crippen molar-refractivity contribution in [2.45, 2.75) is 37.5 Å². The highest BCUT2D eigenvalue weighted by molar-refractivity contribution is 5.85. The third-order valence-corrected chi connectivity index (χ3v) is 5.89. The molecule has 2 fully saturated rings. The van der Waals surface area contributed by atoms with Crippen molar-refractivity contribution in [1.82, 2.24) is 4.90 Å². The summed E-state index contributed by atoms with van der Waals surface area (Å²) in [5.41, 5.74) is 0. The molecular formula is C18H26ClNO3. The number of methoxy groups -OCH3 is 1. The highest BCUT2D eigenvalue weighted by atomic mass is 35.5. The average molecular weight is 340 g/mol. The molecule has 0 aromatic carbocycles. The molecule has 1 N–H and O–H groups in total. The topological polar surface area (TPSA) is 41.9 Å². The van der Waals surface area contributed by atoms with Crippen LogP contribution < -0.4 is 0 Å². The lowest BCUT2D eigenvalue weighted by Gasteiger charge is -2.47. The molecule has 0 aromatic rings. The Labute approximate surface area is 144 Å². The number of aliphatic hydroxyl groups is 1. The fourth-order valence-electron chi connectivity index (χ4n) is 4.69. The van der Waals surface area contributed by atoms with Crippen molar-refractivity contribution in [3.8, 4) is 0 Å². The Morgan fingerprint density at radius 1 is 1.30 bits per heavy atom. The molecule has 0 spiro atoms. The number of hydrogen-bond donors (Lipinski definition) is 1. The Hall–Kier alpha value is -0.970. The van der Waals surface area contributed by atoms with Gasteiger partial charge in [-0.25, -0.2) is 0 Å². The van der Waals surface area contributed by atoms with Crippen LogP contribution in [0, 0.1) is 17.8 Å². The van der Waals surface area contributed by atoms with Crippen molar-refractivity contribution in [3.63, 3.8) is 0 Å². The van der Waals surface area contributed by atoms with Crippen molar-refractivity contribution in [1.29, 1.82) is 0 Å². The highest BCUT2D eigenvalue weighted by Gasteiger charge is 2.46. The van der Waals surface area contributed by atoms with Gasteiger partial charge in [0.15, 0.2) is 5.76 Å². The predicted molar refractivity (Wildman–Crippen MR) is 91.2 cm³/mol. The van der Waals surface area contributed by atoms with E-state index in [4.69, 9.17) is 9.47 Å². The number of piperidine rings is 1. The van der Waals surface area contributed by atoms with Crippen LogP contribution in [0.2, 0.25) is 0 Å². The standard InChI is InChI=1S/C18H25NO3.ClH/c1-19-8-7-13-12-4-5-15(20)18(13)22-17-10-11(9-14(12)19)3-6-16(17)21-2;/h3-6,11-15,18,20H,7-10H2,1-2H3;1H/t11?,12-,13+,14-,15+,18-;/m1./s1. The lowest BCUT2D eigenvalue weighted by Crippen LogP contribution is -2.53. The summed E-state index contributed by atoms with van der Waals surface area (Å²) < 4.78 is 11.8. The summed E-state index contributed by atoms with van der Waals surface area (Å²) in [5.74, 6) is 3.10. The number of likely N-dealkylation sites (tertiary alicyclic amines) is 1. The number of aliphatic hydroxyl groups excluding tert-OH is 1. The van der Waals surface area contributed by atoms with E-state index in [0.717, 1.165) is 37.3 Å². The third kappa shape index (κ3) is 2.81. The van der Waals surface area contributed by atoms with Gasteiger partial charge in [-0.05, 0) is 44.3 Å². The van der Waals surface area contributed by atoms with Crippen molar-refractivity contribution in [2.24, 2.45) is 17.8 Å². The van der Waals surface area contributed by atoms with Gasteiger partial charge in [-0.15, -0.1) is 12.4 Å². The maximum Gasteiger partial charge on any atom is 0.156 e. The number of halogens is 1. The Kier molecular flexibility index (Phi) is 4.77. The van der Waals surface area contributed by atoms with E-state index in [1.165, 1.54) is 0 Å². The van der Waals surface area contributed by atoms with E-state index >= 15 is 0 Å². The molecule has 0 radical (unpaired) electrons. The molecule has 23 heavy (non-hydrogen) atoms. The number of nitrogens with zero attached hydrogens (tertiary/aromatic N) is 1. The zero-order chi connectivity index (χ0) is 15.3. The molecule has 4 nitrogen and oxygen atoms in total. The average Bonchev–Trinajstić information content (AvgIpc) is 2.54. The molecule has 6 atom stereocenters. The summed E-state index contributed by atoms with van der Waals surface area (Å²) >= 11 is 0. The molecular weight excluding hydrogens is 314 g/mol. The minimum absolute atomic E-state index is 0. The van der Waals surface area contributed by atoms with Gasteiger partial charge in [0.05, 0.1) is 7.11 Å². The monoisotopic (exact) mass is 339 g/mol. The van der Waals surface area contributed by atoms with Crippen molar-refractivity contribution in [2.75, 3.05) is 20.7 Å². The smallest absolute Gasteiger partial charge is 0.156 e. The number of hydrogen-bond acceptors (Lipinski definition) is 4. The highest BCUT2D eigenvalue weighted by Crippen LogP contribution is 2.44. The molecule has 0 aromatic heterocycles. The van der Waals surface area contributed by atoms with Gasteiger partial charge in [-0.1, -0.05) is 18.2 Å². The first-order chi connectivity index (χ1) is 10.7. The van der Waals surface area contributed by atoms with Gasteiger partial charge >= 0.3 is 0 Å². The van der Waals surface area contributed by atoms with Crippen LogP contribution in [0.3, 0.4) is 0 Å². The predicted octanol–water partition coefficient (Wildman–Crippen LogP) is 2.50. The Bertz CT molecular complexity index is 544. The molecule has 1 unspecified atom stereocenters. The molecule has 5 heteroatoms. The molecule has 0 saturated carbocycles. The van der Waals surface area contributed by atoms with E-state index in [9.17, 15) is 5.11 Å². The summed E-state index contributed by atoms with van der Waals surface area (Å²) in [6.45, 7) is 1.08. The maximum absolute atomic E-state index is 10.5. The van der Waals surface area contributed by atoms with Gasteiger partial charge in [-0.3, -0.25) is 0 Å². The van der Waals surface area contributed by atoms with Crippen LogP contribution in [0.25, 0.3) is 0 Å². The van der Waals surface area contributed by atoms with Gasteiger partial charge < -0.3 is 19.5 Å². The molecule has 4 aliphatic rings. The molecule has 2 heterocycles. The fourth-order valence-corrected chi connectivity index (χ4v) is 4.69. The lowest BCUT2D eigenvalue weighted by molar-refractivity contribution is -0.0669. The van der Waals surface area contributed by atoms with E-state index in [1.807, 2.05) is 12.2 Å². The molecule has 4 rings (SSSR count). The van der Waals surface area contributed by atoms with Gasteiger partial charge in [0, 0.05) is 18.4 Å². The summed E-state index contributed by atoms with van der Waals surface area (Å²) in [7, 11) is 3.92. The summed E-state index contributed by atoms with van der Waals surface area (Å²) in [6.07, 6.45) is 10.9. The first-order valence-electron chi connectivity index (χ1n) is 8.36. The van der Waals surface area contributed by atoms with Crippen LogP contribution in [-0.2, 0) is 9.47 Å². The first kappa shape index (κ1) is 16.9. The van der Waals surface area contributed by atoms with E-state index in [-0.39, 0.29) is 18.5 Å². The molecule has 2 aliphatic heterocycles. The molecule has 2 saturated heterocycles. The number of allylic oxidation sites excluding steroid dienone is 3. The Morgan fingerprint density at radius 3 is 2.91 bits per heavy atom. The van der Waals surface area contributed by atoms with Gasteiger partial charge in [0.25, 0.3) is 0 Å². The molecule has 0 amide bonds. The molecule has 128 valence electrons. The second-order valence-corrected chi connectivity index (χ2v) is 7.09. The van der Waals surface area contributed by atoms with Crippen LogP contribution >= 0.6 is 12.4 Å². The van der Waals surface area contributed by atoms with Crippen LogP contribution in [0.1, 0.15) is 19.3 Å². The Balaban J connectivity index is 0.00000156. The van der Waals surface area contributed by atoms with E-state index in [0.29, 0.717) is 23.8 Å². The van der Waals surface area contributed by atoms with E-state index in [1.54, 1.807) is 7.11 Å². The largest absolute Gasteiger partial charge is 0.493 e.